The first-order chi connectivity index (χ1) is 18.3. The molecule has 3 aliphatic rings. The number of benzene rings is 2. The van der Waals surface area contributed by atoms with Gasteiger partial charge in [-0.05, 0) is 55.0 Å². The zero-order valence-electron chi connectivity index (χ0n) is 21.2. The van der Waals surface area contributed by atoms with Crippen molar-refractivity contribution in [1.29, 1.82) is 0 Å². The van der Waals surface area contributed by atoms with E-state index in [4.69, 9.17) is 0 Å². The number of likely N-dealkylation sites (tertiary alicyclic amines) is 1. The van der Waals surface area contributed by atoms with E-state index >= 15 is 0 Å². The molecule has 2 amide bonds. The smallest absolute Gasteiger partial charge is 0.368 e. The van der Waals surface area contributed by atoms with Gasteiger partial charge in [-0.1, -0.05) is 30.0 Å². The van der Waals surface area contributed by atoms with Gasteiger partial charge >= 0.3 is 6.18 Å². The summed E-state index contributed by atoms with van der Waals surface area (Å²) in [5.74, 6) is -0.479. The van der Waals surface area contributed by atoms with Gasteiger partial charge in [0.15, 0.2) is 0 Å². The highest BCUT2D eigenvalue weighted by Crippen LogP contribution is 2.50. The van der Waals surface area contributed by atoms with E-state index in [9.17, 15) is 22.8 Å². The Bertz CT molecular complexity index is 1170. The molecule has 2 unspecified atom stereocenters. The molecule has 0 spiro atoms. The van der Waals surface area contributed by atoms with Crippen LogP contribution in [0.1, 0.15) is 42.7 Å². The van der Waals surface area contributed by atoms with E-state index < -0.39 is 11.7 Å². The lowest BCUT2D eigenvalue weighted by molar-refractivity contribution is -0.139. The molecule has 2 aromatic rings. The maximum absolute atomic E-state index is 14.1. The number of hydrogen-bond donors (Lipinski definition) is 2. The van der Waals surface area contributed by atoms with E-state index in [0.717, 1.165) is 61.5 Å². The standard InChI is InChI=1S/C28H33F3N4O2S/c29-28(30,31)22-17-19(20-18-21(20)27(37)33-10-4-14-35-13-3-7-26(35)36)8-9-24(22)38-25-6-2-1-5-23(25)34-15-11-32-12-16-34/h1-2,5-6,8-9,17,20-21,32H,3-4,7,10-16,18H2,(H,33,37). The number of nitrogens with one attached hydrogen (secondary N) is 2. The van der Waals surface area contributed by atoms with Crippen LogP contribution in [0, 0.1) is 5.92 Å². The molecule has 2 atom stereocenters. The van der Waals surface area contributed by atoms with Crippen molar-refractivity contribution in [2.45, 2.75) is 47.6 Å². The number of anilines is 1. The van der Waals surface area contributed by atoms with Crippen molar-refractivity contribution in [3.05, 3.63) is 53.6 Å². The molecule has 2 heterocycles. The monoisotopic (exact) mass is 546 g/mol. The lowest BCUT2D eigenvalue weighted by Crippen LogP contribution is -2.43. The van der Waals surface area contributed by atoms with Gasteiger partial charge in [0.2, 0.25) is 11.8 Å². The topological polar surface area (TPSA) is 64.7 Å². The third-order valence-electron chi connectivity index (χ3n) is 7.48. The van der Waals surface area contributed by atoms with Crippen LogP contribution in [0.3, 0.4) is 0 Å². The van der Waals surface area contributed by atoms with Crippen molar-refractivity contribution in [1.82, 2.24) is 15.5 Å². The van der Waals surface area contributed by atoms with Crippen LogP contribution in [0.2, 0.25) is 0 Å². The average Bonchev–Trinajstić information content (AvgIpc) is 3.61. The molecule has 204 valence electrons. The van der Waals surface area contributed by atoms with Crippen LogP contribution in [0.25, 0.3) is 0 Å². The van der Waals surface area contributed by atoms with E-state index in [1.165, 1.54) is 6.07 Å². The Morgan fingerprint density at radius 1 is 1.08 bits per heavy atom. The van der Waals surface area contributed by atoms with Crippen molar-refractivity contribution in [3.8, 4) is 0 Å². The Kier molecular flexibility index (Phi) is 8.18. The molecule has 5 rings (SSSR count). The molecule has 2 aliphatic heterocycles. The fourth-order valence-corrected chi connectivity index (χ4v) is 6.43. The van der Waals surface area contributed by atoms with Crippen molar-refractivity contribution < 1.29 is 22.8 Å². The van der Waals surface area contributed by atoms with Gasteiger partial charge in [-0.3, -0.25) is 9.59 Å². The van der Waals surface area contributed by atoms with Gasteiger partial charge in [0.05, 0.1) is 11.3 Å². The minimum atomic E-state index is -4.50. The summed E-state index contributed by atoms with van der Waals surface area (Å²) in [6.07, 6.45) is -1.80. The number of carbonyl (C=O) groups is 2. The number of nitrogens with zero attached hydrogens (tertiary/aromatic N) is 2. The van der Waals surface area contributed by atoms with Crippen LogP contribution < -0.4 is 15.5 Å². The summed E-state index contributed by atoms with van der Waals surface area (Å²) in [7, 11) is 0. The third-order valence-corrected chi connectivity index (χ3v) is 8.62. The first-order valence-corrected chi connectivity index (χ1v) is 14.1. The van der Waals surface area contributed by atoms with Gasteiger partial charge in [0.1, 0.15) is 0 Å². The van der Waals surface area contributed by atoms with E-state index in [0.29, 0.717) is 37.9 Å². The van der Waals surface area contributed by atoms with Crippen molar-refractivity contribution in [2.24, 2.45) is 5.92 Å². The Morgan fingerprint density at radius 3 is 2.61 bits per heavy atom. The van der Waals surface area contributed by atoms with E-state index in [2.05, 4.69) is 15.5 Å². The molecule has 10 heteroatoms. The molecule has 2 saturated heterocycles. The van der Waals surface area contributed by atoms with Crippen LogP contribution in [0.5, 0.6) is 0 Å². The minimum absolute atomic E-state index is 0.125. The largest absolute Gasteiger partial charge is 0.417 e. The van der Waals surface area contributed by atoms with Gasteiger partial charge in [-0.25, -0.2) is 0 Å². The molecule has 2 N–H and O–H groups in total. The molecular weight excluding hydrogens is 513 g/mol. The minimum Gasteiger partial charge on any atom is -0.368 e. The Morgan fingerprint density at radius 2 is 1.87 bits per heavy atom. The molecular formula is C28H33F3N4O2S. The summed E-state index contributed by atoms with van der Waals surface area (Å²) in [6, 6.07) is 12.1. The summed E-state index contributed by atoms with van der Waals surface area (Å²) in [4.78, 5) is 29.3. The second-order valence-electron chi connectivity index (χ2n) is 10.1. The second kappa shape index (κ2) is 11.6. The Labute approximate surface area is 225 Å². The molecule has 3 fully saturated rings. The van der Waals surface area contributed by atoms with E-state index in [1.54, 1.807) is 12.1 Å². The quantitative estimate of drug-likeness (QED) is 0.454. The summed E-state index contributed by atoms with van der Waals surface area (Å²) < 4.78 is 42.4. The number of hydrogen-bond acceptors (Lipinski definition) is 5. The first-order valence-electron chi connectivity index (χ1n) is 13.3. The molecule has 1 aliphatic carbocycles. The lowest BCUT2D eigenvalue weighted by Gasteiger charge is -2.31. The van der Waals surface area contributed by atoms with E-state index in [1.807, 2.05) is 29.2 Å². The van der Waals surface area contributed by atoms with Crippen molar-refractivity contribution in [3.63, 3.8) is 0 Å². The zero-order valence-corrected chi connectivity index (χ0v) is 22.0. The van der Waals surface area contributed by atoms with Gasteiger partial charge in [-0.2, -0.15) is 13.2 Å². The highest BCUT2D eigenvalue weighted by atomic mass is 32.2. The highest BCUT2D eigenvalue weighted by molar-refractivity contribution is 7.99. The maximum Gasteiger partial charge on any atom is 0.417 e. The molecule has 0 aromatic heterocycles. The normalized spacial score (nSPS) is 21.6. The SMILES string of the molecule is O=C(NCCCN1CCCC1=O)C1CC1c1ccc(Sc2ccccc2N2CCNCC2)c(C(F)(F)F)c1. The van der Waals surface area contributed by atoms with Crippen LogP contribution in [-0.2, 0) is 15.8 Å². The first kappa shape index (κ1) is 26.9. The van der Waals surface area contributed by atoms with Crippen LogP contribution in [0.4, 0.5) is 18.9 Å². The fraction of sp³-hybridized carbons (Fsp3) is 0.500. The number of para-hydroxylation sites is 1. The van der Waals surface area contributed by atoms with Gasteiger partial charge in [-0.15, -0.1) is 0 Å². The third kappa shape index (κ3) is 6.29. The predicted octanol–water partition coefficient (Wildman–Crippen LogP) is 4.50. The number of carbonyl (C=O) groups excluding carboxylic acids is 2. The molecule has 1 saturated carbocycles. The van der Waals surface area contributed by atoms with Gasteiger partial charge in [0.25, 0.3) is 0 Å². The zero-order chi connectivity index (χ0) is 26.7. The number of rotatable bonds is 9. The number of piperazine rings is 1. The predicted molar refractivity (Wildman–Crippen MR) is 141 cm³/mol. The maximum atomic E-state index is 14.1. The molecule has 0 radical (unpaired) electrons. The highest BCUT2D eigenvalue weighted by Gasteiger charge is 2.45. The summed E-state index contributed by atoms with van der Waals surface area (Å²) in [5, 5.41) is 6.20. The molecule has 0 bridgehead atoms. The average molecular weight is 547 g/mol. The van der Waals surface area contributed by atoms with Gasteiger partial charge < -0.3 is 20.4 Å². The fourth-order valence-electron chi connectivity index (χ4n) is 5.32. The van der Waals surface area contributed by atoms with Crippen LogP contribution in [-0.4, -0.2) is 62.5 Å². The summed E-state index contributed by atoms with van der Waals surface area (Å²) in [5.41, 5.74) is 0.848. The second-order valence-corrected chi connectivity index (χ2v) is 11.2. The number of alkyl halides is 3. The molecule has 38 heavy (non-hydrogen) atoms. The summed E-state index contributed by atoms with van der Waals surface area (Å²) in [6.45, 7) is 5.16. The van der Waals surface area contributed by atoms with Crippen LogP contribution >= 0.6 is 11.8 Å². The van der Waals surface area contributed by atoms with Crippen molar-refractivity contribution >= 4 is 29.3 Å². The van der Waals surface area contributed by atoms with E-state index in [-0.39, 0.29) is 28.5 Å². The Balaban J connectivity index is 1.23. The van der Waals surface area contributed by atoms with Crippen molar-refractivity contribution in [2.75, 3.05) is 50.7 Å². The summed E-state index contributed by atoms with van der Waals surface area (Å²) >= 11 is 1.14. The Hall–Kier alpha value is -2.72. The number of halogens is 3. The van der Waals surface area contributed by atoms with Crippen LogP contribution in [0.15, 0.2) is 52.3 Å². The number of amides is 2. The lowest BCUT2D eigenvalue weighted by atomic mass is 10.0. The van der Waals surface area contributed by atoms with Gasteiger partial charge in [0, 0.05) is 67.9 Å². The molecule has 6 nitrogen and oxygen atoms in total. The molecule has 2 aromatic carbocycles.